The summed E-state index contributed by atoms with van der Waals surface area (Å²) in [4.78, 5) is 22.3. The number of hydrogen-bond donors (Lipinski definition) is 1. The van der Waals surface area contributed by atoms with Crippen molar-refractivity contribution in [1.82, 2.24) is 19.4 Å². The zero-order chi connectivity index (χ0) is 14.8. The van der Waals surface area contributed by atoms with Crippen molar-refractivity contribution in [3.8, 4) is 5.82 Å². The first-order chi connectivity index (χ1) is 10.1. The van der Waals surface area contributed by atoms with Crippen LogP contribution in [0.3, 0.4) is 0 Å². The quantitative estimate of drug-likeness (QED) is 0.897. The number of β-amino-alcohol motifs (C(OH)–C–C–N with tert-alkyl or cyclic N) is 1. The monoisotopic (exact) mass is 286 g/mol. The van der Waals surface area contributed by atoms with E-state index in [1.54, 1.807) is 46.5 Å². The van der Waals surface area contributed by atoms with E-state index in [0.29, 0.717) is 18.7 Å². The number of imidazole rings is 1. The molecular formula is C15H18N4O2. The van der Waals surface area contributed by atoms with Gasteiger partial charge in [0.05, 0.1) is 11.7 Å². The predicted molar refractivity (Wildman–Crippen MR) is 77.1 cm³/mol. The molecule has 21 heavy (non-hydrogen) atoms. The Morgan fingerprint density at radius 1 is 1.43 bits per heavy atom. The van der Waals surface area contributed by atoms with Crippen LogP contribution in [0, 0.1) is 5.92 Å². The second-order valence-corrected chi connectivity index (χ2v) is 5.46. The van der Waals surface area contributed by atoms with E-state index in [1.165, 1.54) is 0 Å². The summed E-state index contributed by atoms with van der Waals surface area (Å²) >= 11 is 0. The van der Waals surface area contributed by atoms with Crippen LogP contribution in [0.15, 0.2) is 37.1 Å². The van der Waals surface area contributed by atoms with Crippen LogP contribution in [0.5, 0.6) is 0 Å². The number of likely N-dealkylation sites (tertiary alicyclic amines) is 1. The van der Waals surface area contributed by atoms with Crippen molar-refractivity contribution in [3.05, 3.63) is 42.6 Å². The van der Waals surface area contributed by atoms with Crippen molar-refractivity contribution >= 4 is 5.91 Å². The highest BCUT2D eigenvalue weighted by molar-refractivity contribution is 5.94. The van der Waals surface area contributed by atoms with Gasteiger partial charge in [-0.25, -0.2) is 9.97 Å². The number of carbonyl (C=O) groups excluding carboxylic acids is 1. The molecule has 1 saturated heterocycles. The molecule has 3 heterocycles. The van der Waals surface area contributed by atoms with E-state index in [9.17, 15) is 9.90 Å². The summed E-state index contributed by atoms with van der Waals surface area (Å²) in [5.41, 5.74) is 0.542. The number of nitrogens with zero attached hydrogens (tertiary/aromatic N) is 4. The van der Waals surface area contributed by atoms with Gasteiger partial charge in [0.1, 0.15) is 12.1 Å². The van der Waals surface area contributed by atoms with Crippen LogP contribution in [0.1, 0.15) is 23.7 Å². The molecule has 0 saturated carbocycles. The summed E-state index contributed by atoms with van der Waals surface area (Å²) in [7, 11) is 0. The fourth-order valence-electron chi connectivity index (χ4n) is 2.48. The van der Waals surface area contributed by atoms with Gasteiger partial charge in [-0.3, -0.25) is 9.36 Å². The molecule has 1 amide bonds. The van der Waals surface area contributed by atoms with E-state index < -0.39 is 6.10 Å². The van der Waals surface area contributed by atoms with Crippen molar-refractivity contribution in [2.24, 2.45) is 5.92 Å². The maximum Gasteiger partial charge on any atom is 0.255 e. The zero-order valence-corrected chi connectivity index (χ0v) is 11.9. The lowest BCUT2D eigenvalue weighted by Gasteiger charge is -2.34. The molecule has 1 fully saturated rings. The second-order valence-electron chi connectivity index (χ2n) is 5.46. The van der Waals surface area contributed by atoms with Crippen LogP contribution in [0.2, 0.25) is 0 Å². The van der Waals surface area contributed by atoms with Crippen molar-refractivity contribution in [1.29, 1.82) is 0 Å². The van der Waals surface area contributed by atoms with Gasteiger partial charge in [0.15, 0.2) is 0 Å². The van der Waals surface area contributed by atoms with E-state index >= 15 is 0 Å². The minimum absolute atomic E-state index is 0.0781. The summed E-state index contributed by atoms with van der Waals surface area (Å²) in [6, 6.07) is 3.55. The minimum Gasteiger partial charge on any atom is -0.391 e. The van der Waals surface area contributed by atoms with Crippen molar-refractivity contribution in [2.45, 2.75) is 19.4 Å². The number of amides is 1. The Labute approximate surface area is 123 Å². The van der Waals surface area contributed by atoms with Crippen LogP contribution < -0.4 is 0 Å². The molecule has 110 valence electrons. The number of aliphatic hydroxyl groups excluding tert-OH is 1. The fourth-order valence-corrected chi connectivity index (χ4v) is 2.48. The Bertz CT molecular complexity index is 609. The minimum atomic E-state index is -0.444. The molecule has 2 aromatic rings. The van der Waals surface area contributed by atoms with Gasteiger partial charge in [-0.15, -0.1) is 0 Å². The second kappa shape index (κ2) is 5.65. The molecule has 0 spiro atoms. The molecule has 2 atom stereocenters. The molecule has 6 heteroatoms. The van der Waals surface area contributed by atoms with E-state index in [1.807, 2.05) is 6.92 Å². The zero-order valence-electron chi connectivity index (χ0n) is 11.9. The molecule has 0 aliphatic carbocycles. The molecule has 6 nitrogen and oxygen atoms in total. The van der Waals surface area contributed by atoms with Gasteiger partial charge >= 0.3 is 0 Å². The van der Waals surface area contributed by atoms with Crippen LogP contribution in [-0.2, 0) is 0 Å². The predicted octanol–water partition coefficient (Wildman–Crippen LogP) is 1.11. The Hall–Kier alpha value is -2.21. The number of aromatic nitrogens is 3. The lowest BCUT2D eigenvalue weighted by molar-refractivity contribution is 0.0248. The largest absolute Gasteiger partial charge is 0.391 e. The lowest BCUT2D eigenvalue weighted by Crippen LogP contribution is -2.45. The molecule has 0 radical (unpaired) electrons. The van der Waals surface area contributed by atoms with Crippen LogP contribution in [0.25, 0.3) is 5.82 Å². The third-order valence-electron chi connectivity index (χ3n) is 3.97. The highest BCUT2D eigenvalue weighted by atomic mass is 16.3. The number of aliphatic hydroxyl groups is 1. The van der Waals surface area contributed by atoms with E-state index in [0.717, 1.165) is 12.2 Å². The first-order valence-corrected chi connectivity index (χ1v) is 7.07. The molecule has 2 aromatic heterocycles. The Morgan fingerprint density at radius 3 is 2.90 bits per heavy atom. The van der Waals surface area contributed by atoms with Crippen molar-refractivity contribution < 1.29 is 9.90 Å². The average molecular weight is 286 g/mol. The summed E-state index contributed by atoms with van der Waals surface area (Å²) in [5, 5.41) is 9.89. The SMILES string of the molecule is CC1CCN(C(=O)c2ccc(-n3ccnc3)nc2)CC1O. The van der Waals surface area contributed by atoms with Gasteiger partial charge in [-0.1, -0.05) is 6.92 Å². The number of piperidine rings is 1. The highest BCUT2D eigenvalue weighted by Crippen LogP contribution is 2.19. The summed E-state index contributed by atoms with van der Waals surface area (Å²) in [5.74, 6) is 0.887. The Kier molecular flexibility index (Phi) is 3.70. The van der Waals surface area contributed by atoms with Gasteiger partial charge in [0.2, 0.25) is 0 Å². The molecule has 0 bridgehead atoms. The van der Waals surface area contributed by atoms with Gasteiger partial charge in [0, 0.05) is 31.7 Å². The van der Waals surface area contributed by atoms with E-state index in [2.05, 4.69) is 9.97 Å². The van der Waals surface area contributed by atoms with E-state index in [4.69, 9.17) is 0 Å². The normalized spacial score (nSPS) is 22.3. The number of hydrogen-bond acceptors (Lipinski definition) is 4. The number of rotatable bonds is 2. The maximum atomic E-state index is 12.4. The molecule has 3 rings (SSSR count). The molecule has 2 unspecified atom stereocenters. The summed E-state index contributed by atoms with van der Waals surface area (Å²) in [6.07, 6.45) is 7.09. The van der Waals surface area contributed by atoms with E-state index in [-0.39, 0.29) is 11.8 Å². The topological polar surface area (TPSA) is 71.2 Å². The molecule has 0 aromatic carbocycles. The summed E-state index contributed by atoms with van der Waals surface area (Å²) in [6.45, 7) is 3.08. The average Bonchev–Trinajstić information content (AvgIpc) is 3.04. The molecule has 1 aliphatic rings. The molecular weight excluding hydrogens is 268 g/mol. The van der Waals surface area contributed by atoms with Gasteiger partial charge in [0.25, 0.3) is 5.91 Å². The summed E-state index contributed by atoms with van der Waals surface area (Å²) < 4.78 is 1.78. The third kappa shape index (κ3) is 2.80. The third-order valence-corrected chi connectivity index (χ3v) is 3.97. The van der Waals surface area contributed by atoms with Gasteiger partial charge < -0.3 is 10.0 Å². The Morgan fingerprint density at radius 2 is 2.29 bits per heavy atom. The standard InChI is InChI=1S/C15H18N4O2/c1-11-4-6-18(9-13(11)20)15(21)12-2-3-14(17-8-12)19-7-5-16-10-19/h2-3,5,7-8,10-11,13,20H,4,6,9H2,1H3. The smallest absolute Gasteiger partial charge is 0.255 e. The Balaban J connectivity index is 1.73. The fraction of sp³-hybridized carbons (Fsp3) is 0.400. The van der Waals surface area contributed by atoms with Gasteiger partial charge in [-0.05, 0) is 24.5 Å². The lowest BCUT2D eigenvalue weighted by atomic mass is 9.95. The van der Waals surface area contributed by atoms with Crippen LogP contribution in [0.4, 0.5) is 0 Å². The van der Waals surface area contributed by atoms with Crippen LogP contribution >= 0.6 is 0 Å². The van der Waals surface area contributed by atoms with Gasteiger partial charge in [-0.2, -0.15) is 0 Å². The van der Waals surface area contributed by atoms with Crippen molar-refractivity contribution in [3.63, 3.8) is 0 Å². The number of carbonyl (C=O) groups is 1. The van der Waals surface area contributed by atoms with Crippen molar-refractivity contribution in [2.75, 3.05) is 13.1 Å². The number of pyridine rings is 1. The first kappa shape index (κ1) is 13.8. The van der Waals surface area contributed by atoms with Crippen LogP contribution in [-0.4, -0.2) is 49.6 Å². The first-order valence-electron chi connectivity index (χ1n) is 7.07. The maximum absolute atomic E-state index is 12.4. The molecule has 1 aliphatic heterocycles. The molecule has 1 N–H and O–H groups in total. The highest BCUT2D eigenvalue weighted by Gasteiger charge is 2.27.